The molecule has 1 heterocycles. The van der Waals surface area contributed by atoms with Crippen LogP contribution in [-0.4, -0.2) is 43.5 Å². The van der Waals surface area contributed by atoms with Crippen molar-refractivity contribution in [2.75, 3.05) is 24.6 Å². The predicted molar refractivity (Wildman–Crippen MR) is 85.0 cm³/mol. The Morgan fingerprint density at radius 1 is 1.32 bits per heavy atom. The van der Waals surface area contributed by atoms with Gasteiger partial charge in [0, 0.05) is 19.5 Å². The van der Waals surface area contributed by atoms with E-state index in [0.29, 0.717) is 6.54 Å². The van der Waals surface area contributed by atoms with Crippen molar-refractivity contribution in [3.8, 4) is 0 Å². The van der Waals surface area contributed by atoms with Gasteiger partial charge in [-0.1, -0.05) is 12.1 Å². The smallest absolute Gasteiger partial charge is 0.321 e. The Morgan fingerprint density at radius 3 is 2.72 bits per heavy atom. The second kappa shape index (κ2) is 8.22. The van der Waals surface area contributed by atoms with E-state index < -0.39 is 42.2 Å². The Morgan fingerprint density at radius 2 is 2.04 bits per heavy atom. The highest BCUT2D eigenvalue weighted by molar-refractivity contribution is 6.00. The molecule has 0 saturated carbocycles. The molecule has 1 saturated heterocycles. The highest BCUT2D eigenvalue weighted by Crippen LogP contribution is 2.27. The Balaban J connectivity index is 1.87. The second-order valence-corrected chi connectivity index (χ2v) is 5.37. The number of esters is 1. The molecule has 0 bridgehead atoms. The summed E-state index contributed by atoms with van der Waals surface area (Å²) in [5, 5.41) is 4.34. The largest absolute Gasteiger partial charge is 0.455 e. The zero-order valence-corrected chi connectivity index (χ0v) is 13.6. The van der Waals surface area contributed by atoms with Gasteiger partial charge in [-0.2, -0.15) is 0 Å². The summed E-state index contributed by atoms with van der Waals surface area (Å²) in [6.07, 6.45) is -0.134. The summed E-state index contributed by atoms with van der Waals surface area (Å²) in [4.78, 5) is 47.8. The fourth-order valence-corrected chi connectivity index (χ4v) is 2.39. The van der Waals surface area contributed by atoms with Gasteiger partial charge < -0.3 is 15.0 Å². The number of halogens is 1. The fourth-order valence-electron chi connectivity index (χ4n) is 2.39. The average molecular weight is 351 g/mol. The van der Waals surface area contributed by atoms with Crippen LogP contribution in [0.15, 0.2) is 24.3 Å². The molecule has 8 nitrogen and oxygen atoms in total. The van der Waals surface area contributed by atoms with Gasteiger partial charge in [-0.15, -0.1) is 0 Å². The minimum atomic E-state index is -0.802. The maximum atomic E-state index is 13.8. The predicted octanol–water partition coefficient (Wildman–Crippen LogP) is 0.568. The summed E-state index contributed by atoms with van der Waals surface area (Å²) in [5.41, 5.74) is 0.0942. The molecule has 1 atom stereocenters. The minimum absolute atomic E-state index is 0.0312. The van der Waals surface area contributed by atoms with Crippen LogP contribution in [0.4, 0.5) is 14.9 Å². The van der Waals surface area contributed by atoms with Crippen molar-refractivity contribution in [2.24, 2.45) is 5.92 Å². The maximum absolute atomic E-state index is 13.8. The number of carbonyl (C=O) groups excluding carboxylic acids is 4. The second-order valence-electron chi connectivity index (χ2n) is 5.37. The topological polar surface area (TPSA) is 105 Å². The Labute approximate surface area is 143 Å². The summed E-state index contributed by atoms with van der Waals surface area (Å²) in [5.74, 6) is -3.30. The third-order valence-corrected chi connectivity index (χ3v) is 3.54. The van der Waals surface area contributed by atoms with Crippen molar-refractivity contribution in [1.82, 2.24) is 10.6 Å². The van der Waals surface area contributed by atoms with Crippen molar-refractivity contribution in [1.29, 1.82) is 0 Å². The first kappa shape index (κ1) is 18.4. The first-order valence-electron chi connectivity index (χ1n) is 7.71. The third-order valence-electron chi connectivity index (χ3n) is 3.54. The molecule has 1 aliphatic heterocycles. The van der Waals surface area contributed by atoms with Gasteiger partial charge >= 0.3 is 12.0 Å². The van der Waals surface area contributed by atoms with Gasteiger partial charge in [0.1, 0.15) is 5.82 Å². The number of benzene rings is 1. The van der Waals surface area contributed by atoms with Gasteiger partial charge in [-0.05, 0) is 19.1 Å². The summed E-state index contributed by atoms with van der Waals surface area (Å²) in [7, 11) is 0. The molecule has 25 heavy (non-hydrogen) atoms. The number of rotatable bonds is 5. The lowest BCUT2D eigenvalue weighted by atomic mass is 10.1. The third kappa shape index (κ3) is 4.75. The number of nitrogens with zero attached hydrogens (tertiary/aromatic N) is 1. The molecule has 1 aromatic rings. The molecule has 0 radical (unpaired) electrons. The molecule has 0 aliphatic carbocycles. The van der Waals surface area contributed by atoms with Crippen molar-refractivity contribution in [2.45, 2.75) is 13.3 Å². The number of urea groups is 1. The molecule has 1 aliphatic rings. The van der Waals surface area contributed by atoms with Crippen LogP contribution >= 0.6 is 0 Å². The summed E-state index contributed by atoms with van der Waals surface area (Å²) in [6, 6.07) is 5.06. The highest BCUT2D eigenvalue weighted by atomic mass is 19.1. The fraction of sp³-hybridized carbons (Fsp3) is 0.375. The van der Waals surface area contributed by atoms with E-state index in [1.54, 1.807) is 13.0 Å². The van der Waals surface area contributed by atoms with Crippen LogP contribution in [0.5, 0.6) is 0 Å². The van der Waals surface area contributed by atoms with Crippen LogP contribution in [-0.2, 0) is 19.1 Å². The van der Waals surface area contributed by atoms with E-state index in [2.05, 4.69) is 5.32 Å². The van der Waals surface area contributed by atoms with E-state index in [0.717, 1.165) is 0 Å². The zero-order chi connectivity index (χ0) is 18.4. The quantitative estimate of drug-likeness (QED) is 0.755. The molecule has 0 unspecified atom stereocenters. The lowest BCUT2D eigenvalue weighted by Crippen LogP contribution is -2.41. The SMILES string of the molecule is CCNC(=O)NC(=O)COC(=O)[C@H]1CC(=O)N(c2ccccc2F)C1. The van der Waals surface area contributed by atoms with Crippen molar-refractivity contribution in [3.05, 3.63) is 30.1 Å². The summed E-state index contributed by atoms with van der Waals surface area (Å²) < 4.78 is 18.6. The summed E-state index contributed by atoms with van der Waals surface area (Å²) >= 11 is 0. The van der Waals surface area contributed by atoms with Crippen molar-refractivity contribution >= 4 is 29.5 Å². The number of nitrogens with one attached hydrogen (secondary N) is 2. The molecule has 2 rings (SSSR count). The molecular weight excluding hydrogens is 333 g/mol. The Bertz CT molecular complexity index is 694. The van der Waals surface area contributed by atoms with E-state index in [-0.39, 0.29) is 18.7 Å². The molecule has 0 spiro atoms. The molecule has 9 heteroatoms. The zero-order valence-electron chi connectivity index (χ0n) is 13.6. The van der Waals surface area contributed by atoms with Crippen LogP contribution in [0.1, 0.15) is 13.3 Å². The molecule has 1 fully saturated rings. The van der Waals surface area contributed by atoms with Gasteiger partial charge in [-0.25, -0.2) is 9.18 Å². The number of para-hydroxylation sites is 1. The standard InChI is InChI=1S/C16H18FN3O5/c1-2-18-16(24)19-13(21)9-25-15(23)10-7-14(22)20(8-10)12-6-4-3-5-11(12)17/h3-6,10H,2,7-9H2,1H3,(H2,18,19,21,24)/t10-/m0/s1. The first-order valence-corrected chi connectivity index (χ1v) is 7.71. The van der Waals surface area contributed by atoms with Gasteiger partial charge in [-0.3, -0.25) is 19.7 Å². The lowest BCUT2D eigenvalue weighted by molar-refractivity contribution is -0.152. The van der Waals surface area contributed by atoms with Crippen molar-refractivity contribution < 1.29 is 28.3 Å². The van der Waals surface area contributed by atoms with Crippen LogP contribution < -0.4 is 15.5 Å². The number of imide groups is 1. The first-order chi connectivity index (χ1) is 11.9. The van der Waals surface area contributed by atoms with Crippen LogP contribution in [0.25, 0.3) is 0 Å². The molecule has 4 amide bonds. The van der Waals surface area contributed by atoms with Crippen LogP contribution in [0.3, 0.4) is 0 Å². The Kier molecular flexibility index (Phi) is 6.04. The van der Waals surface area contributed by atoms with E-state index in [4.69, 9.17) is 4.74 Å². The summed E-state index contributed by atoms with van der Waals surface area (Å²) in [6.45, 7) is 1.36. The monoisotopic (exact) mass is 351 g/mol. The molecular formula is C16H18FN3O5. The van der Waals surface area contributed by atoms with Gasteiger partial charge in [0.05, 0.1) is 11.6 Å². The number of hydrogen-bond acceptors (Lipinski definition) is 5. The number of hydrogen-bond donors (Lipinski definition) is 2. The van der Waals surface area contributed by atoms with Crippen LogP contribution in [0, 0.1) is 11.7 Å². The van der Waals surface area contributed by atoms with Gasteiger partial charge in [0.25, 0.3) is 5.91 Å². The minimum Gasteiger partial charge on any atom is -0.455 e. The van der Waals surface area contributed by atoms with Crippen LogP contribution in [0.2, 0.25) is 0 Å². The number of amides is 4. The molecule has 0 aromatic heterocycles. The van der Waals surface area contributed by atoms with Gasteiger partial charge in [0.2, 0.25) is 5.91 Å². The van der Waals surface area contributed by atoms with Gasteiger partial charge in [0.15, 0.2) is 6.61 Å². The number of carbonyl (C=O) groups is 4. The molecule has 134 valence electrons. The van der Waals surface area contributed by atoms with E-state index in [9.17, 15) is 23.6 Å². The highest BCUT2D eigenvalue weighted by Gasteiger charge is 2.37. The molecule has 1 aromatic carbocycles. The number of ether oxygens (including phenoxy) is 1. The van der Waals surface area contributed by atoms with Crippen molar-refractivity contribution in [3.63, 3.8) is 0 Å². The number of anilines is 1. The van der Waals surface area contributed by atoms with E-state index in [1.165, 1.54) is 23.1 Å². The maximum Gasteiger partial charge on any atom is 0.321 e. The Hall–Kier alpha value is -2.97. The van der Waals surface area contributed by atoms with E-state index >= 15 is 0 Å². The van der Waals surface area contributed by atoms with E-state index in [1.807, 2.05) is 5.32 Å². The average Bonchev–Trinajstić information content (AvgIpc) is 2.95. The molecule has 2 N–H and O–H groups in total. The normalized spacial score (nSPS) is 16.5. The lowest BCUT2D eigenvalue weighted by Gasteiger charge is -2.17.